The molecule has 3 rings (SSSR count). The summed E-state index contributed by atoms with van der Waals surface area (Å²) in [5.41, 5.74) is 4.49. The minimum absolute atomic E-state index is 0.111. The number of aliphatic hydroxyl groups is 1. The third-order valence-electron chi connectivity index (χ3n) is 4.70. The van der Waals surface area contributed by atoms with Gasteiger partial charge < -0.3 is 15.4 Å². The fraction of sp³-hybridized carbons (Fsp3) is 0.316. The third-order valence-corrected chi connectivity index (χ3v) is 5.32. The Kier molecular flexibility index (Phi) is 6.25. The maximum absolute atomic E-state index is 12.5. The quantitative estimate of drug-likeness (QED) is 0.560. The number of benzene rings is 1. The van der Waals surface area contributed by atoms with Gasteiger partial charge in [0.15, 0.2) is 5.82 Å². The number of rotatable bonds is 7. The molecule has 2 aromatic heterocycles. The number of nitrogens with two attached hydrogens (primary N) is 1. The highest BCUT2D eigenvalue weighted by atomic mass is 35.5. The van der Waals surface area contributed by atoms with Gasteiger partial charge in [0.2, 0.25) is 11.8 Å². The van der Waals surface area contributed by atoms with Gasteiger partial charge in [0.05, 0.1) is 17.7 Å². The second kappa shape index (κ2) is 8.55. The van der Waals surface area contributed by atoms with Crippen LogP contribution in [0, 0.1) is 0 Å². The zero-order valence-electron chi connectivity index (χ0n) is 16.2. The van der Waals surface area contributed by atoms with Gasteiger partial charge in [-0.1, -0.05) is 40.5 Å². The van der Waals surface area contributed by atoms with Gasteiger partial charge >= 0.3 is 0 Å². The molecule has 3 aromatic rings. The van der Waals surface area contributed by atoms with Gasteiger partial charge in [-0.25, -0.2) is 4.68 Å². The highest BCUT2D eigenvalue weighted by Gasteiger charge is 2.31. The maximum Gasteiger partial charge on any atom is 0.286 e. The summed E-state index contributed by atoms with van der Waals surface area (Å²) >= 11 is 12.0. The van der Waals surface area contributed by atoms with Crippen LogP contribution in [0.5, 0.6) is 0 Å². The van der Waals surface area contributed by atoms with Gasteiger partial charge in [-0.05, 0) is 31.5 Å². The van der Waals surface area contributed by atoms with Crippen LogP contribution in [-0.4, -0.2) is 30.9 Å². The number of primary amides is 1. The lowest BCUT2D eigenvalue weighted by Crippen LogP contribution is -2.38. The summed E-state index contributed by atoms with van der Waals surface area (Å²) in [5.74, 6) is -0.261. The standard InChI is InChI=1S/C19H19Cl2N5O4/c1-19(2,18(22)29)12-8-23-26(17(28)16(12)21)9-15-24-14(25-30-15)7-13(27)10-3-5-11(20)6-4-10/h3-6,8,13,27H,7,9H2,1-2H3,(H2,22,29)/t13-/m0/s1. The van der Waals surface area contributed by atoms with Gasteiger partial charge in [-0.2, -0.15) is 10.1 Å². The van der Waals surface area contributed by atoms with E-state index < -0.39 is 23.0 Å². The maximum atomic E-state index is 12.5. The molecule has 0 aliphatic carbocycles. The molecule has 0 saturated carbocycles. The molecule has 0 unspecified atom stereocenters. The van der Waals surface area contributed by atoms with Gasteiger partial charge in [-0.3, -0.25) is 9.59 Å². The molecule has 158 valence electrons. The number of nitrogens with zero attached hydrogens (tertiary/aromatic N) is 4. The predicted molar refractivity (Wildman–Crippen MR) is 109 cm³/mol. The first-order valence-corrected chi connectivity index (χ1v) is 9.66. The molecule has 2 heterocycles. The first-order valence-electron chi connectivity index (χ1n) is 8.90. The van der Waals surface area contributed by atoms with Crippen LogP contribution in [0.1, 0.15) is 42.8 Å². The van der Waals surface area contributed by atoms with E-state index in [0.717, 1.165) is 4.68 Å². The molecular weight excluding hydrogens is 433 g/mol. The van der Waals surface area contributed by atoms with Crippen molar-refractivity contribution in [3.63, 3.8) is 0 Å². The summed E-state index contributed by atoms with van der Waals surface area (Å²) in [6, 6.07) is 6.75. The second-order valence-corrected chi connectivity index (χ2v) is 8.01. The van der Waals surface area contributed by atoms with Crippen LogP contribution in [0.25, 0.3) is 0 Å². The van der Waals surface area contributed by atoms with Gasteiger partial charge in [0.1, 0.15) is 11.6 Å². The van der Waals surface area contributed by atoms with E-state index in [9.17, 15) is 14.7 Å². The summed E-state index contributed by atoms with van der Waals surface area (Å²) < 4.78 is 6.18. The molecule has 0 spiro atoms. The topological polar surface area (TPSA) is 137 Å². The third kappa shape index (κ3) is 4.53. The molecule has 0 bridgehead atoms. The summed E-state index contributed by atoms with van der Waals surface area (Å²) in [5, 5.41) is 18.6. The first-order chi connectivity index (χ1) is 14.1. The van der Waals surface area contributed by atoms with Crippen molar-refractivity contribution in [3.8, 4) is 0 Å². The first kappa shape index (κ1) is 21.9. The Hall–Kier alpha value is -2.75. The molecule has 1 amide bonds. The normalized spacial score (nSPS) is 12.7. The van der Waals surface area contributed by atoms with Crippen LogP contribution in [0.3, 0.4) is 0 Å². The van der Waals surface area contributed by atoms with Crippen molar-refractivity contribution in [3.05, 3.63) is 73.7 Å². The van der Waals surface area contributed by atoms with Crippen molar-refractivity contribution in [1.82, 2.24) is 19.9 Å². The van der Waals surface area contributed by atoms with Crippen molar-refractivity contribution >= 4 is 29.1 Å². The molecule has 1 aromatic carbocycles. The Balaban J connectivity index is 1.76. The SMILES string of the molecule is CC(C)(C(N)=O)c1cnn(Cc2nc(C[C@H](O)c3ccc(Cl)cc3)no2)c(=O)c1Cl. The second-order valence-electron chi connectivity index (χ2n) is 7.20. The molecule has 3 N–H and O–H groups in total. The smallest absolute Gasteiger partial charge is 0.286 e. The van der Waals surface area contributed by atoms with Gasteiger partial charge in [0, 0.05) is 17.0 Å². The molecule has 0 aliphatic heterocycles. The highest BCUT2D eigenvalue weighted by molar-refractivity contribution is 6.31. The Morgan fingerprint density at radius 2 is 1.97 bits per heavy atom. The Morgan fingerprint density at radius 1 is 1.30 bits per heavy atom. The number of hydrogen-bond acceptors (Lipinski definition) is 7. The summed E-state index contributed by atoms with van der Waals surface area (Å²) in [7, 11) is 0. The van der Waals surface area contributed by atoms with Gasteiger partial charge in [0.25, 0.3) is 5.56 Å². The average Bonchev–Trinajstić information content (AvgIpc) is 3.12. The van der Waals surface area contributed by atoms with Gasteiger partial charge in [-0.15, -0.1) is 0 Å². The number of hydrogen-bond donors (Lipinski definition) is 2. The molecule has 11 heteroatoms. The number of aromatic nitrogens is 4. The van der Waals surface area contributed by atoms with E-state index in [1.807, 2.05) is 0 Å². The fourth-order valence-electron chi connectivity index (χ4n) is 2.69. The summed E-state index contributed by atoms with van der Waals surface area (Å²) in [6.07, 6.45) is 0.578. The fourth-order valence-corrected chi connectivity index (χ4v) is 3.20. The van der Waals surface area contributed by atoms with Crippen molar-refractivity contribution in [2.75, 3.05) is 0 Å². The number of halogens is 2. The van der Waals surface area contributed by atoms with Crippen LogP contribution in [0.15, 0.2) is 39.8 Å². The molecule has 9 nitrogen and oxygen atoms in total. The van der Waals surface area contributed by atoms with E-state index in [1.165, 1.54) is 6.20 Å². The number of aliphatic hydroxyl groups excluding tert-OH is 1. The van der Waals surface area contributed by atoms with Crippen molar-refractivity contribution < 1.29 is 14.4 Å². The summed E-state index contributed by atoms with van der Waals surface area (Å²) in [6.45, 7) is 2.98. The Morgan fingerprint density at radius 3 is 2.60 bits per heavy atom. The molecule has 30 heavy (non-hydrogen) atoms. The monoisotopic (exact) mass is 451 g/mol. The minimum atomic E-state index is -1.15. The molecule has 0 fully saturated rings. The van der Waals surface area contributed by atoms with Crippen LogP contribution in [-0.2, 0) is 23.2 Å². The lowest BCUT2D eigenvalue weighted by Gasteiger charge is -2.21. The van der Waals surface area contributed by atoms with Crippen molar-refractivity contribution in [2.24, 2.45) is 5.73 Å². The van der Waals surface area contributed by atoms with E-state index in [-0.39, 0.29) is 35.3 Å². The number of amides is 1. The van der Waals surface area contributed by atoms with Crippen LogP contribution in [0.4, 0.5) is 0 Å². The van der Waals surface area contributed by atoms with E-state index in [2.05, 4.69) is 15.2 Å². The lowest BCUT2D eigenvalue weighted by atomic mass is 9.85. The molecule has 1 atom stereocenters. The van der Waals surface area contributed by atoms with E-state index in [0.29, 0.717) is 10.6 Å². The predicted octanol–water partition coefficient (Wildman–Crippen LogP) is 2.02. The van der Waals surface area contributed by atoms with E-state index in [1.54, 1.807) is 38.1 Å². The summed E-state index contributed by atoms with van der Waals surface area (Å²) in [4.78, 5) is 28.4. The molecule has 0 aliphatic rings. The highest BCUT2D eigenvalue weighted by Crippen LogP contribution is 2.26. The van der Waals surface area contributed by atoms with Crippen LogP contribution >= 0.6 is 23.2 Å². The minimum Gasteiger partial charge on any atom is -0.388 e. The number of carbonyl (C=O) groups excluding carboxylic acids is 1. The van der Waals surface area contributed by atoms with E-state index in [4.69, 9.17) is 33.5 Å². The zero-order valence-corrected chi connectivity index (χ0v) is 17.7. The Labute approximate surface area is 181 Å². The zero-order chi connectivity index (χ0) is 22.1. The lowest BCUT2D eigenvalue weighted by molar-refractivity contribution is -0.122. The Bertz CT molecular complexity index is 1120. The molecule has 0 saturated heterocycles. The largest absolute Gasteiger partial charge is 0.388 e. The van der Waals surface area contributed by atoms with Crippen molar-refractivity contribution in [2.45, 2.75) is 38.3 Å². The van der Waals surface area contributed by atoms with Crippen molar-refractivity contribution in [1.29, 1.82) is 0 Å². The van der Waals surface area contributed by atoms with Crippen LogP contribution < -0.4 is 11.3 Å². The molecular formula is C19H19Cl2N5O4. The number of carbonyl (C=O) groups is 1. The van der Waals surface area contributed by atoms with Crippen LogP contribution in [0.2, 0.25) is 10.0 Å². The average molecular weight is 452 g/mol. The van der Waals surface area contributed by atoms with E-state index >= 15 is 0 Å². The molecule has 0 radical (unpaired) electrons.